The van der Waals surface area contributed by atoms with Crippen LogP contribution < -0.4 is 14.8 Å². The van der Waals surface area contributed by atoms with E-state index in [0.717, 1.165) is 29.1 Å². The maximum absolute atomic E-state index is 12.8. The molecule has 176 valence electrons. The van der Waals surface area contributed by atoms with Gasteiger partial charge in [-0.3, -0.25) is 0 Å². The summed E-state index contributed by atoms with van der Waals surface area (Å²) in [4.78, 5) is 14.7. The molecule has 0 spiro atoms. The highest BCUT2D eigenvalue weighted by molar-refractivity contribution is 6.30. The number of amides is 2. The van der Waals surface area contributed by atoms with E-state index < -0.39 is 0 Å². The molecular formula is C25H31ClN4O3. The molecule has 0 saturated carbocycles. The smallest absolute Gasteiger partial charge is 0.317 e. The monoisotopic (exact) mass is 470 g/mol. The summed E-state index contributed by atoms with van der Waals surface area (Å²) < 4.78 is 13.3. The molecule has 0 saturated heterocycles. The number of nitrogens with zero attached hydrogens (tertiary/aromatic N) is 3. The Morgan fingerprint density at radius 3 is 2.48 bits per heavy atom. The molecule has 0 aliphatic heterocycles. The van der Waals surface area contributed by atoms with E-state index >= 15 is 0 Å². The highest BCUT2D eigenvalue weighted by atomic mass is 35.5. The number of hydrogen-bond acceptors (Lipinski definition) is 4. The molecule has 1 N–H and O–H groups in total. The number of carbonyl (C=O) groups is 1. The summed E-state index contributed by atoms with van der Waals surface area (Å²) in [6, 6.07) is 14.7. The molecular weight excluding hydrogens is 440 g/mol. The average molecular weight is 471 g/mol. The Balaban J connectivity index is 2.08. The minimum absolute atomic E-state index is 0.0410. The first-order valence-electron chi connectivity index (χ1n) is 11.1. The average Bonchev–Trinajstić information content (AvgIpc) is 3.12. The van der Waals surface area contributed by atoms with Gasteiger partial charge in [0.05, 0.1) is 30.6 Å². The fourth-order valence-corrected chi connectivity index (χ4v) is 3.62. The molecule has 0 bridgehead atoms. The molecule has 0 fully saturated rings. The zero-order chi connectivity index (χ0) is 24.0. The predicted octanol–water partition coefficient (Wildman–Crippen LogP) is 5.97. The van der Waals surface area contributed by atoms with Crippen LogP contribution in [0.3, 0.4) is 0 Å². The van der Waals surface area contributed by atoms with E-state index in [1.165, 1.54) is 0 Å². The lowest BCUT2D eigenvalue weighted by Gasteiger charge is -2.29. The number of aromatic nitrogens is 2. The Bertz CT molecular complexity index is 1080. The molecule has 3 rings (SSSR count). The third-order valence-electron chi connectivity index (χ3n) is 5.50. The van der Waals surface area contributed by atoms with Crippen molar-refractivity contribution in [1.82, 2.24) is 20.0 Å². The Morgan fingerprint density at radius 1 is 1.18 bits per heavy atom. The number of halogens is 1. The SMILES string of the molecule is CCNC(=O)N(Cc1c(C)nn(-c2cccc(Cl)c2)c1Oc1ccc(OC)cc1)[C@H](C)CC. The van der Waals surface area contributed by atoms with Crippen LogP contribution in [0.4, 0.5) is 4.79 Å². The first-order valence-corrected chi connectivity index (χ1v) is 11.5. The summed E-state index contributed by atoms with van der Waals surface area (Å²) in [6.45, 7) is 8.85. The van der Waals surface area contributed by atoms with E-state index in [9.17, 15) is 4.79 Å². The largest absolute Gasteiger partial charge is 0.497 e. The van der Waals surface area contributed by atoms with Crippen LogP contribution >= 0.6 is 11.6 Å². The van der Waals surface area contributed by atoms with Crippen LogP contribution in [-0.4, -0.2) is 40.4 Å². The fraction of sp³-hybridized carbons (Fsp3) is 0.360. The molecule has 7 nitrogen and oxygen atoms in total. The van der Waals surface area contributed by atoms with E-state index in [4.69, 9.17) is 26.2 Å². The van der Waals surface area contributed by atoms with Crippen molar-refractivity contribution in [2.75, 3.05) is 13.7 Å². The van der Waals surface area contributed by atoms with Crippen LogP contribution in [0, 0.1) is 6.92 Å². The summed E-state index contributed by atoms with van der Waals surface area (Å²) in [5.41, 5.74) is 2.38. The van der Waals surface area contributed by atoms with E-state index in [2.05, 4.69) is 12.2 Å². The van der Waals surface area contributed by atoms with Crippen LogP contribution in [0.25, 0.3) is 5.69 Å². The second-order valence-electron chi connectivity index (χ2n) is 7.76. The predicted molar refractivity (Wildman–Crippen MR) is 131 cm³/mol. The van der Waals surface area contributed by atoms with Gasteiger partial charge in [0.25, 0.3) is 0 Å². The second kappa shape index (κ2) is 11.1. The van der Waals surface area contributed by atoms with Crippen molar-refractivity contribution >= 4 is 17.6 Å². The molecule has 8 heteroatoms. The number of methoxy groups -OCH3 is 1. The third-order valence-corrected chi connectivity index (χ3v) is 5.74. The summed E-state index contributed by atoms with van der Waals surface area (Å²) >= 11 is 6.25. The molecule has 1 aromatic heterocycles. The van der Waals surface area contributed by atoms with Gasteiger partial charge in [0.1, 0.15) is 11.5 Å². The van der Waals surface area contributed by atoms with Crippen molar-refractivity contribution in [3.8, 4) is 23.1 Å². The normalized spacial score (nSPS) is 11.7. The van der Waals surface area contributed by atoms with Crippen molar-refractivity contribution in [1.29, 1.82) is 0 Å². The van der Waals surface area contributed by atoms with Gasteiger partial charge in [-0.2, -0.15) is 5.10 Å². The van der Waals surface area contributed by atoms with Gasteiger partial charge in [-0.25, -0.2) is 9.48 Å². The van der Waals surface area contributed by atoms with E-state index in [-0.39, 0.29) is 12.1 Å². The minimum Gasteiger partial charge on any atom is -0.497 e. The Morgan fingerprint density at radius 2 is 1.88 bits per heavy atom. The summed E-state index contributed by atoms with van der Waals surface area (Å²) in [5.74, 6) is 1.91. The number of ether oxygens (including phenoxy) is 2. The molecule has 2 amide bonds. The molecule has 1 atom stereocenters. The molecule has 3 aromatic rings. The Labute approximate surface area is 200 Å². The van der Waals surface area contributed by atoms with Gasteiger partial charge >= 0.3 is 6.03 Å². The van der Waals surface area contributed by atoms with Crippen LogP contribution in [0.1, 0.15) is 38.4 Å². The standard InChI is InChI=1S/C25H31ClN4O3/c1-6-17(3)29(25(31)27-7-2)16-23-18(4)28-30(20-10-8-9-19(26)15-20)24(23)33-22-13-11-21(32-5)12-14-22/h8-15,17H,6-7,16H2,1-5H3,(H,27,31)/t17-/m1/s1. The minimum atomic E-state index is -0.114. The van der Waals surface area contributed by atoms with Crippen molar-refractivity contribution in [2.45, 2.75) is 46.7 Å². The van der Waals surface area contributed by atoms with Crippen LogP contribution in [0.15, 0.2) is 48.5 Å². The lowest BCUT2D eigenvalue weighted by atomic mass is 10.1. The van der Waals surface area contributed by atoms with Crippen LogP contribution in [-0.2, 0) is 6.54 Å². The van der Waals surface area contributed by atoms with E-state index in [1.54, 1.807) is 11.8 Å². The van der Waals surface area contributed by atoms with Gasteiger partial charge in [0.2, 0.25) is 5.88 Å². The van der Waals surface area contributed by atoms with Gasteiger partial charge in [0.15, 0.2) is 0 Å². The number of hydrogen-bond donors (Lipinski definition) is 1. The molecule has 0 radical (unpaired) electrons. The van der Waals surface area contributed by atoms with Gasteiger partial charge in [-0.15, -0.1) is 0 Å². The van der Waals surface area contributed by atoms with Crippen molar-refractivity contribution < 1.29 is 14.3 Å². The Kier molecular flexibility index (Phi) is 8.22. The number of carbonyl (C=O) groups excluding carboxylic acids is 1. The van der Waals surface area contributed by atoms with Gasteiger partial charge in [0, 0.05) is 17.6 Å². The van der Waals surface area contributed by atoms with Crippen molar-refractivity contribution in [3.63, 3.8) is 0 Å². The third kappa shape index (κ3) is 5.79. The number of nitrogens with one attached hydrogen (secondary N) is 1. The molecule has 33 heavy (non-hydrogen) atoms. The Hall–Kier alpha value is -3.19. The number of urea groups is 1. The molecule has 0 aliphatic rings. The topological polar surface area (TPSA) is 68.6 Å². The first kappa shape index (κ1) is 24.5. The van der Waals surface area contributed by atoms with Crippen LogP contribution in [0.5, 0.6) is 17.4 Å². The van der Waals surface area contributed by atoms with Gasteiger partial charge in [-0.1, -0.05) is 24.6 Å². The summed E-state index contributed by atoms with van der Waals surface area (Å²) in [6.07, 6.45) is 0.827. The summed E-state index contributed by atoms with van der Waals surface area (Å²) in [7, 11) is 1.62. The molecule has 1 heterocycles. The highest BCUT2D eigenvalue weighted by Gasteiger charge is 2.26. The number of rotatable bonds is 9. The van der Waals surface area contributed by atoms with Gasteiger partial charge < -0.3 is 19.7 Å². The van der Waals surface area contributed by atoms with E-state index in [0.29, 0.717) is 29.7 Å². The van der Waals surface area contributed by atoms with Gasteiger partial charge in [-0.05, 0) is 69.7 Å². The highest BCUT2D eigenvalue weighted by Crippen LogP contribution is 2.33. The number of benzene rings is 2. The maximum Gasteiger partial charge on any atom is 0.317 e. The van der Waals surface area contributed by atoms with Crippen LogP contribution in [0.2, 0.25) is 5.02 Å². The lowest BCUT2D eigenvalue weighted by molar-refractivity contribution is 0.173. The molecule has 0 unspecified atom stereocenters. The van der Waals surface area contributed by atoms with Crippen molar-refractivity contribution in [3.05, 3.63) is 64.8 Å². The lowest BCUT2D eigenvalue weighted by Crippen LogP contribution is -2.44. The zero-order valence-corrected chi connectivity index (χ0v) is 20.5. The van der Waals surface area contributed by atoms with Crippen molar-refractivity contribution in [2.24, 2.45) is 0 Å². The number of aryl methyl sites for hydroxylation is 1. The quantitative estimate of drug-likeness (QED) is 0.418. The second-order valence-corrected chi connectivity index (χ2v) is 8.20. The fourth-order valence-electron chi connectivity index (χ4n) is 3.43. The molecule has 0 aliphatic carbocycles. The summed E-state index contributed by atoms with van der Waals surface area (Å²) in [5, 5.41) is 8.26. The maximum atomic E-state index is 12.8. The van der Waals surface area contributed by atoms with E-state index in [1.807, 2.05) is 74.2 Å². The first-order chi connectivity index (χ1) is 15.9. The molecule has 2 aromatic carbocycles. The zero-order valence-electron chi connectivity index (χ0n) is 19.8.